The van der Waals surface area contributed by atoms with Crippen molar-refractivity contribution in [1.82, 2.24) is 0 Å². The van der Waals surface area contributed by atoms with Gasteiger partial charge in [-0.1, -0.05) is 0 Å². The van der Waals surface area contributed by atoms with Gasteiger partial charge in [-0.15, -0.1) is 0 Å². The molecule has 0 radical (unpaired) electrons. The predicted molar refractivity (Wildman–Crippen MR) is 67.1 cm³/mol. The normalized spacial score (nSPS) is 17.9. The second kappa shape index (κ2) is 9.40. The molecule has 8 N–H and O–H groups in total. The van der Waals surface area contributed by atoms with Crippen LogP contribution in [0.1, 0.15) is 12.8 Å². The molecule has 0 aromatic carbocycles. The summed E-state index contributed by atoms with van der Waals surface area (Å²) < 4.78 is 4.14. The lowest BCUT2D eigenvalue weighted by molar-refractivity contribution is -0.176. The maximum absolute atomic E-state index is 11.3. The minimum atomic E-state index is -2.35. The van der Waals surface area contributed by atoms with Gasteiger partial charge in [0.1, 0.15) is 24.4 Å². The molecule has 0 saturated heterocycles. The fourth-order valence-electron chi connectivity index (χ4n) is 1.28. The number of nitrogens with two attached hydrogens (primary N) is 1. The standard InChI is InChI=1S/C11H19NO10/c12-4(10(19)20)1-2-6(15)22-11(21)9(18)8(17)7(16)5(14)3-13/h4-5,7-9,13-14,16-18H,1-3,12H2,(H,19,20)/t4-,5+,7+,8-,9+/m0/s1. The van der Waals surface area contributed by atoms with Crippen LogP contribution < -0.4 is 5.73 Å². The van der Waals surface area contributed by atoms with E-state index in [1.54, 1.807) is 0 Å². The number of aliphatic hydroxyl groups excluding tert-OH is 5. The largest absolute Gasteiger partial charge is 0.480 e. The quantitative estimate of drug-likeness (QED) is 0.159. The van der Waals surface area contributed by atoms with E-state index in [0.717, 1.165) is 0 Å². The lowest BCUT2D eigenvalue weighted by Gasteiger charge is -2.24. The summed E-state index contributed by atoms with van der Waals surface area (Å²) in [6.45, 7) is -0.938. The van der Waals surface area contributed by atoms with E-state index >= 15 is 0 Å². The molecule has 11 heteroatoms. The molecule has 0 heterocycles. The molecule has 0 unspecified atom stereocenters. The molecule has 11 nitrogen and oxygen atoms in total. The first-order chi connectivity index (χ1) is 10.1. The molecule has 5 atom stereocenters. The van der Waals surface area contributed by atoms with Crippen molar-refractivity contribution in [2.24, 2.45) is 5.73 Å². The molecular formula is C11H19NO10. The van der Waals surface area contributed by atoms with Crippen LogP contribution in [0.4, 0.5) is 0 Å². The molecule has 0 aliphatic rings. The number of aliphatic carboxylic acids is 1. The smallest absolute Gasteiger partial charge is 0.345 e. The first-order valence-corrected chi connectivity index (χ1v) is 6.17. The van der Waals surface area contributed by atoms with Crippen LogP contribution >= 0.6 is 0 Å². The van der Waals surface area contributed by atoms with Crippen LogP contribution in [-0.2, 0) is 19.1 Å². The number of rotatable bonds is 9. The highest BCUT2D eigenvalue weighted by molar-refractivity contribution is 5.88. The van der Waals surface area contributed by atoms with Crippen LogP contribution in [0, 0.1) is 0 Å². The summed E-state index contributed by atoms with van der Waals surface area (Å²) in [4.78, 5) is 33.0. The first kappa shape index (κ1) is 20.4. The molecule has 0 aromatic heterocycles. The Balaban J connectivity index is 4.40. The zero-order valence-corrected chi connectivity index (χ0v) is 11.4. The fraction of sp³-hybridized carbons (Fsp3) is 0.727. The van der Waals surface area contributed by atoms with E-state index in [1.807, 2.05) is 0 Å². The summed E-state index contributed by atoms with van der Waals surface area (Å²) in [6, 6.07) is -1.33. The van der Waals surface area contributed by atoms with Gasteiger partial charge in [0.05, 0.1) is 6.61 Å². The van der Waals surface area contributed by atoms with Crippen LogP contribution in [0.15, 0.2) is 0 Å². The van der Waals surface area contributed by atoms with Gasteiger partial charge in [-0.05, 0) is 6.42 Å². The van der Waals surface area contributed by atoms with Crippen molar-refractivity contribution in [2.45, 2.75) is 43.3 Å². The number of aliphatic hydroxyl groups is 5. The van der Waals surface area contributed by atoms with Crippen LogP contribution in [0.2, 0.25) is 0 Å². The van der Waals surface area contributed by atoms with Crippen LogP contribution in [0.25, 0.3) is 0 Å². The number of hydrogen-bond donors (Lipinski definition) is 7. The van der Waals surface area contributed by atoms with E-state index in [-0.39, 0.29) is 6.42 Å². The molecule has 0 aliphatic heterocycles. The predicted octanol–water partition coefficient (Wildman–Crippen LogP) is -4.32. The van der Waals surface area contributed by atoms with Crippen LogP contribution in [-0.4, -0.2) is 85.6 Å². The van der Waals surface area contributed by atoms with Crippen molar-refractivity contribution in [2.75, 3.05) is 6.61 Å². The highest BCUT2D eigenvalue weighted by atomic mass is 16.6. The Bertz CT molecular complexity index is 400. The lowest BCUT2D eigenvalue weighted by atomic mass is 10.0. The van der Waals surface area contributed by atoms with Gasteiger partial charge >= 0.3 is 17.9 Å². The molecule has 0 saturated carbocycles. The summed E-state index contributed by atoms with van der Waals surface area (Å²) in [6.07, 6.45) is -9.27. The number of hydrogen-bond acceptors (Lipinski definition) is 10. The van der Waals surface area contributed by atoms with E-state index in [0.29, 0.717) is 0 Å². The minimum Gasteiger partial charge on any atom is -0.480 e. The zero-order valence-electron chi connectivity index (χ0n) is 11.4. The number of carbonyl (C=O) groups excluding carboxylic acids is 2. The van der Waals surface area contributed by atoms with Crippen molar-refractivity contribution < 1.29 is 49.8 Å². The van der Waals surface area contributed by atoms with Gasteiger partial charge in [0.15, 0.2) is 6.10 Å². The number of carboxylic acids is 1. The minimum absolute atomic E-state index is 0.314. The Morgan fingerprint density at radius 3 is 2.05 bits per heavy atom. The molecular weight excluding hydrogens is 306 g/mol. The maximum atomic E-state index is 11.3. The van der Waals surface area contributed by atoms with E-state index in [1.165, 1.54) is 0 Å². The molecule has 0 aliphatic carbocycles. The van der Waals surface area contributed by atoms with Crippen molar-refractivity contribution in [1.29, 1.82) is 0 Å². The molecule has 0 fully saturated rings. The highest BCUT2D eigenvalue weighted by Gasteiger charge is 2.36. The number of ether oxygens (including phenoxy) is 1. The highest BCUT2D eigenvalue weighted by Crippen LogP contribution is 2.08. The number of esters is 2. The molecule has 0 spiro atoms. The van der Waals surface area contributed by atoms with E-state index in [4.69, 9.17) is 21.1 Å². The van der Waals surface area contributed by atoms with Crippen molar-refractivity contribution >= 4 is 17.9 Å². The topological polar surface area (TPSA) is 208 Å². The Labute approximate surface area is 124 Å². The summed E-state index contributed by atoms with van der Waals surface area (Å²) in [5, 5.41) is 54.1. The Hall–Kier alpha value is -1.63. The molecule has 0 bridgehead atoms. The third-order valence-corrected chi connectivity index (χ3v) is 2.69. The van der Waals surface area contributed by atoms with Gasteiger partial charge in [0.2, 0.25) is 0 Å². The number of carbonyl (C=O) groups is 3. The summed E-state index contributed by atoms with van der Waals surface area (Å²) in [5.41, 5.74) is 5.13. The van der Waals surface area contributed by atoms with Crippen molar-refractivity contribution in [3.63, 3.8) is 0 Å². The van der Waals surface area contributed by atoms with Gasteiger partial charge in [0, 0.05) is 6.42 Å². The molecule has 0 amide bonds. The Morgan fingerprint density at radius 1 is 1.05 bits per heavy atom. The third-order valence-electron chi connectivity index (χ3n) is 2.69. The molecule has 22 heavy (non-hydrogen) atoms. The summed E-state index contributed by atoms with van der Waals surface area (Å²) >= 11 is 0. The number of carboxylic acid groups (broad SMARTS) is 1. The van der Waals surface area contributed by atoms with Crippen LogP contribution in [0.5, 0.6) is 0 Å². The van der Waals surface area contributed by atoms with Gasteiger partial charge in [-0.2, -0.15) is 0 Å². The average Bonchev–Trinajstić information content (AvgIpc) is 2.48. The average molecular weight is 325 g/mol. The van der Waals surface area contributed by atoms with Gasteiger partial charge in [-0.3, -0.25) is 9.59 Å². The van der Waals surface area contributed by atoms with Crippen molar-refractivity contribution in [3.8, 4) is 0 Å². The van der Waals surface area contributed by atoms with E-state index in [9.17, 15) is 29.7 Å². The Morgan fingerprint density at radius 2 is 1.59 bits per heavy atom. The monoisotopic (exact) mass is 325 g/mol. The van der Waals surface area contributed by atoms with Gasteiger partial charge < -0.3 is 41.1 Å². The molecule has 128 valence electrons. The van der Waals surface area contributed by atoms with Crippen LogP contribution in [0.3, 0.4) is 0 Å². The molecule has 0 rings (SSSR count). The zero-order chi connectivity index (χ0) is 17.4. The van der Waals surface area contributed by atoms with Crippen molar-refractivity contribution in [3.05, 3.63) is 0 Å². The SMILES string of the molecule is N[C@@H](CCC(=O)OC(=O)[C@H](O)[C@@H](O)[C@H](O)[C@H](O)CO)C(=O)O. The summed E-state index contributed by atoms with van der Waals surface area (Å²) in [5.74, 6) is -4.15. The van der Waals surface area contributed by atoms with E-state index in [2.05, 4.69) is 4.74 Å². The Kier molecular flexibility index (Phi) is 8.70. The second-order valence-electron chi connectivity index (χ2n) is 4.45. The second-order valence-corrected chi connectivity index (χ2v) is 4.45. The molecule has 0 aromatic rings. The van der Waals surface area contributed by atoms with Gasteiger partial charge in [-0.25, -0.2) is 4.79 Å². The maximum Gasteiger partial charge on any atom is 0.345 e. The summed E-state index contributed by atoms with van der Waals surface area (Å²) in [7, 11) is 0. The first-order valence-electron chi connectivity index (χ1n) is 6.17. The third kappa shape index (κ3) is 6.43. The fourth-order valence-corrected chi connectivity index (χ4v) is 1.28. The lowest BCUT2D eigenvalue weighted by Crippen LogP contribution is -2.49. The van der Waals surface area contributed by atoms with E-state index < -0.39 is 61.4 Å². The van der Waals surface area contributed by atoms with Gasteiger partial charge in [0.25, 0.3) is 0 Å².